The Hall–Kier alpha value is -8.01. The number of anilines is 3. The van der Waals surface area contributed by atoms with Crippen LogP contribution in [-0.4, -0.2) is 58.4 Å². The van der Waals surface area contributed by atoms with E-state index in [0.29, 0.717) is 79.6 Å². The molecule has 3 aliphatic heterocycles. The number of aromatic carboxylic acids is 1. The molecule has 16 heteroatoms. The minimum Gasteiger partial charge on any atom is -1.00 e. The zero-order valence-corrected chi connectivity index (χ0v) is 40.8. The Morgan fingerprint density at radius 2 is 1.31 bits per heavy atom. The molecule has 0 saturated heterocycles. The Bertz CT molecular complexity index is 3110. The van der Waals surface area contributed by atoms with E-state index in [2.05, 4.69) is 49.6 Å². The topological polar surface area (TPSA) is 239 Å². The molecule has 0 radical (unpaired) electrons. The lowest BCUT2D eigenvalue weighted by Crippen LogP contribution is -3.00. The molecule has 5 aromatic rings. The van der Waals surface area contributed by atoms with Crippen molar-refractivity contribution in [2.75, 3.05) is 23.3 Å². The minimum absolute atomic E-state index is 0. The summed E-state index contributed by atoms with van der Waals surface area (Å²) in [6, 6.07) is 36.9. The van der Waals surface area contributed by atoms with Gasteiger partial charge in [-0.2, -0.15) is 0 Å². The molecule has 1 aliphatic carbocycles. The van der Waals surface area contributed by atoms with Crippen LogP contribution in [0.15, 0.2) is 126 Å². The second-order valence-electron chi connectivity index (χ2n) is 16.8. The van der Waals surface area contributed by atoms with Gasteiger partial charge in [0.15, 0.2) is 11.0 Å². The number of nitrogen functional groups attached to an aromatic ring is 2. The van der Waals surface area contributed by atoms with Gasteiger partial charge in [-0.3, -0.25) is 24.7 Å². The average Bonchev–Trinajstić information content (AvgIpc) is 3.57. The van der Waals surface area contributed by atoms with Crippen LogP contribution in [0.5, 0.6) is 11.5 Å². The number of ether oxygens (including phenoxy) is 3. The third-order valence-electron chi connectivity index (χ3n) is 11.2. The predicted molar refractivity (Wildman–Crippen MR) is 263 cm³/mol. The molecule has 1 amide bonds. The van der Waals surface area contributed by atoms with Crippen molar-refractivity contribution < 1.29 is 65.5 Å². The Morgan fingerprint density at radius 1 is 0.729 bits per heavy atom. The highest BCUT2D eigenvalue weighted by Crippen LogP contribution is 2.56. The highest BCUT2D eigenvalue weighted by Gasteiger charge is 2.53. The van der Waals surface area contributed by atoms with Gasteiger partial charge in [-0.15, -0.1) is 0 Å². The van der Waals surface area contributed by atoms with Crippen molar-refractivity contribution in [2.24, 2.45) is 0 Å². The highest BCUT2D eigenvalue weighted by atomic mass is 35.5. The van der Waals surface area contributed by atoms with E-state index in [1.165, 1.54) is 20.8 Å². The molecule has 4 aliphatic rings. The van der Waals surface area contributed by atoms with Crippen molar-refractivity contribution in [3.8, 4) is 33.9 Å². The Labute approximate surface area is 411 Å². The summed E-state index contributed by atoms with van der Waals surface area (Å²) in [7, 11) is 0. The van der Waals surface area contributed by atoms with Crippen LogP contribution < -0.4 is 44.7 Å². The summed E-state index contributed by atoms with van der Waals surface area (Å²) in [5.41, 5.74) is 18.1. The predicted octanol–water partition coefficient (Wildman–Crippen LogP) is 5.17. The molecule has 0 bridgehead atoms. The molecule has 1 spiro atoms. The number of carboxylic acid groups (broad SMARTS) is 1. The number of nitrogens with one attached hydrogen (secondary N) is 1. The van der Waals surface area contributed by atoms with Crippen molar-refractivity contribution in [2.45, 2.75) is 73.1 Å². The molecular weight excluding hydrogens is 914 g/mol. The molecule has 5 aromatic carbocycles. The first-order valence-corrected chi connectivity index (χ1v) is 22.2. The first kappa shape index (κ1) is 53.0. The van der Waals surface area contributed by atoms with E-state index in [9.17, 15) is 29.1 Å². The lowest BCUT2D eigenvalue weighted by atomic mass is 9.77. The van der Waals surface area contributed by atoms with Crippen molar-refractivity contribution >= 4 is 57.8 Å². The monoisotopic (exact) mass is 969 g/mol. The SMILES string of the molecule is CC(=O)Nc1ccc2c(c1)Oc1cc(N)ccc1C21OC(=O)c2ccccc21.CC(=O)OC(C)=O.CCN(C(C)C)C(C)C.Nc1ccc2c(-c3ccccc3C(=O)O)c3ccc(=[NH2+])cc-3oc2c1.[Cl-]. The number of carboxylic acids is 1. The second-order valence-corrected chi connectivity index (χ2v) is 16.8. The summed E-state index contributed by atoms with van der Waals surface area (Å²) >= 11 is 0. The number of halogens is 1. The van der Waals surface area contributed by atoms with Crippen LogP contribution >= 0.6 is 0 Å². The molecule has 0 aromatic heterocycles. The van der Waals surface area contributed by atoms with E-state index in [-0.39, 0.29) is 23.9 Å². The summed E-state index contributed by atoms with van der Waals surface area (Å²) in [6.45, 7) is 16.1. The van der Waals surface area contributed by atoms with Gasteiger partial charge in [0.1, 0.15) is 22.8 Å². The normalized spacial score (nSPS) is 13.7. The van der Waals surface area contributed by atoms with Crippen molar-refractivity contribution in [1.29, 1.82) is 0 Å². The first-order chi connectivity index (χ1) is 32.7. The van der Waals surface area contributed by atoms with Gasteiger partial charge in [0.05, 0.1) is 17.2 Å². The Kier molecular flexibility index (Phi) is 16.9. The number of rotatable bonds is 6. The molecule has 9 rings (SSSR count). The third-order valence-corrected chi connectivity index (χ3v) is 11.2. The van der Waals surface area contributed by atoms with Gasteiger partial charge in [-0.05, 0) is 94.4 Å². The van der Waals surface area contributed by atoms with E-state index < -0.39 is 29.5 Å². The van der Waals surface area contributed by atoms with Gasteiger partial charge in [-0.1, -0.05) is 43.3 Å². The van der Waals surface area contributed by atoms with Crippen molar-refractivity contribution in [3.05, 3.63) is 155 Å². The van der Waals surface area contributed by atoms with Gasteiger partial charge in [0, 0.05) is 107 Å². The number of esters is 3. The molecule has 1 atom stereocenters. The number of carbonyl (C=O) groups excluding carboxylic acids is 4. The maximum Gasteiger partial charge on any atom is 0.340 e. The largest absolute Gasteiger partial charge is 1.00 e. The molecule has 0 saturated carbocycles. The fraction of sp³-hybridized carbons (Fsp3) is 0.222. The molecule has 70 heavy (non-hydrogen) atoms. The van der Waals surface area contributed by atoms with Crippen LogP contribution in [0.2, 0.25) is 0 Å². The average molecular weight is 971 g/mol. The van der Waals surface area contributed by atoms with Crippen LogP contribution in [-0.2, 0) is 29.5 Å². The van der Waals surface area contributed by atoms with Crippen LogP contribution in [0.25, 0.3) is 33.4 Å². The van der Waals surface area contributed by atoms with E-state index in [1.807, 2.05) is 48.5 Å². The number of nitrogens with zero attached hydrogens (tertiary/aromatic N) is 1. The molecular formula is C54H56ClN5O10. The van der Waals surface area contributed by atoms with Crippen LogP contribution in [0.1, 0.15) is 92.8 Å². The lowest BCUT2D eigenvalue weighted by Gasteiger charge is -2.36. The second kappa shape index (κ2) is 22.4. The highest BCUT2D eigenvalue weighted by molar-refractivity contribution is 6.07. The smallest absolute Gasteiger partial charge is 0.340 e. The molecule has 3 heterocycles. The number of carbonyl (C=O) groups is 5. The van der Waals surface area contributed by atoms with Gasteiger partial charge >= 0.3 is 23.9 Å². The molecule has 15 nitrogen and oxygen atoms in total. The van der Waals surface area contributed by atoms with E-state index >= 15 is 0 Å². The summed E-state index contributed by atoms with van der Waals surface area (Å²) in [5, 5.41) is 19.6. The summed E-state index contributed by atoms with van der Waals surface area (Å²) in [4.78, 5) is 57.9. The quantitative estimate of drug-likeness (QED) is 0.0627. The number of hydrogen-bond acceptors (Lipinski definition) is 12. The van der Waals surface area contributed by atoms with Crippen molar-refractivity contribution in [3.63, 3.8) is 0 Å². The summed E-state index contributed by atoms with van der Waals surface area (Å²) < 4.78 is 22.1. The number of nitrogens with two attached hydrogens (primary N) is 3. The maximum atomic E-state index is 12.7. The van der Waals surface area contributed by atoms with Gasteiger partial charge in [0.25, 0.3) is 0 Å². The lowest BCUT2D eigenvalue weighted by molar-refractivity contribution is -0.172. The number of hydrogen-bond donors (Lipinski definition) is 5. The first-order valence-electron chi connectivity index (χ1n) is 22.2. The zero-order valence-electron chi connectivity index (χ0n) is 40.1. The van der Waals surface area contributed by atoms with Gasteiger partial charge in [0.2, 0.25) is 5.91 Å². The van der Waals surface area contributed by atoms with Gasteiger partial charge in [-0.25, -0.2) is 9.59 Å². The number of fused-ring (bicyclic) bond motifs is 8. The number of amides is 1. The summed E-state index contributed by atoms with van der Waals surface area (Å²) in [5.74, 6) is -1.10. The Morgan fingerprint density at radius 3 is 1.90 bits per heavy atom. The minimum atomic E-state index is -1.13. The molecule has 364 valence electrons. The Balaban J connectivity index is 0.000000199. The van der Waals surface area contributed by atoms with E-state index in [1.54, 1.807) is 72.8 Å². The van der Waals surface area contributed by atoms with Gasteiger partial charge < -0.3 is 52.9 Å². The molecule has 0 fully saturated rings. The maximum absolute atomic E-state index is 12.7. The molecule has 8 N–H and O–H groups in total. The van der Waals surface area contributed by atoms with E-state index in [0.717, 1.165) is 28.6 Å². The third kappa shape index (κ3) is 11.5. The molecule has 1 unspecified atom stereocenters. The van der Waals surface area contributed by atoms with Crippen LogP contribution in [0, 0.1) is 0 Å². The van der Waals surface area contributed by atoms with Crippen molar-refractivity contribution in [1.82, 2.24) is 4.90 Å². The standard InChI is InChI=1S/C22H16N2O4.C20H14N2O3.C8H19N.C4H6O3.ClH/c1-12(25)24-14-7-9-18-20(11-14)27-19-10-13(23)6-8-17(19)22(18)16-5-3-2-4-15(16)21(26)28-22;21-11-5-7-15-17(9-11)25-18-10-12(22)6-8-16(18)19(15)13-3-1-2-4-14(13)20(23)24;1-6-9(7(2)3)8(4)5;1-3(5)7-4(2)6;/h2-11H,23H2,1H3,(H,24,25);1-10,21H,22H2,(H,23,24);7-8H,6H2,1-5H3;1-2H3;1H. The summed E-state index contributed by atoms with van der Waals surface area (Å²) in [6.07, 6.45) is 0. The number of benzene rings is 6. The fourth-order valence-electron chi connectivity index (χ4n) is 8.60. The zero-order chi connectivity index (χ0) is 50.3. The van der Waals surface area contributed by atoms with Crippen LogP contribution in [0.4, 0.5) is 17.1 Å². The van der Waals surface area contributed by atoms with Crippen LogP contribution in [0.3, 0.4) is 0 Å². The van der Waals surface area contributed by atoms with E-state index in [4.69, 9.17) is 30.8 Å². The fourth-order valence-corrected chi connectivity index (χ4v) is 8.60.